The third-order valence-corrected chi connectivity index (χ3v) is 2.12. The van der Waals surface area contributed by atoms with Crippen LogP contribution in [0.4, 0.5) is 0 Å². The van der Waals surface area contributed by atoms with Crippen molar-refractivity contribution in [3.05, 3.63) is 0 Å². The Kier molecular flexibility index (Phi) is 9.21. The minimum Gasteiger partial charge on any atom is -0.409 e. The van der Waals surface area contributed by atoms with Gasteiger partial charge in [-0.15, -0.1) is 0 Å². The lowest BCUT2D eigenvalue weighted by molar-refractivity contribution is 0.316. The molecular formula is C10H24N4O. The fourth-order valence-corrected chi connectivity index (χ4v) is 1.25. The van der Waals surface area contributed by atoms with Crippen molar-refractivity contribution in [3.63, 3.8) is 0 Å². The second kappa shape index (κ2) is 9.73. The Labute approximate surface area is 92.3 Å². The predicted molar refractivity (Wildman–Crippen MR) is 63.3 cm³/mol. The van der Waals surface area contributed by atoms with E-state index in [0.717, 1.165) is 32.5 Å². The van der Waals surface area contributed by atoms with Gasteiger partial charge in [-0.3, -0.25) is 0 Å². The van der Waals surface area contributed by atoms with Gasteiger partial charge in [-0.25, -0.2) is 0 Å². The van der Waals surface area contributed by atoms with Gasteiger partial charge < -0.3 is 21.2 Å². The van der Waals surface area contributed by atoms with Crippen molar-refractivity contribution in [3.8, 4) is 0 Å². The van der Waals surface area contributed by atoms with Gasteiger partial charge in [0.1, 0.15) is 5.84 Å². The summed E-state index contributed by atoms with van der Waals surface area (Å²) in [5.74, 6) is 0.322. The molecule has 0 saturated carbocycles. The Hall–Kier alpha value is -0.810. The third kappa shape index (κ3) is 11.1. The largest absolute Gasteiger partial charge is 0.409 e. The fraction of sp³-hybridized carbons (Fsp3) is 0.900. The molecular weight excluding hydrogens is 192 g/mol. The maximum atomic E-state index is 8.30. The van der Waals surface area contributed by atoms with Crippen LogP contribution in [0, 0.1) is 0 Å². The number of nitrogens with zero attached hydrogens (tertiary/aromatic N) is 2. The highest BCUT2D eigenvalue weighted by molar-refractivity contribution is 5.79. The summed E-state index contributed by atoms with van der Waals surface area (Å²) in [7, 11) is 4.16. The summed E-state index contributed by atoms with van der Waals surface area (Å²) in [6.45, 7) is 3.19. The molecule has 0 saturated heterocycles. The zero-order valence-electron chi connectivity index (χ0n) is 9.87. The van der Waals surface area contributed by atoms with Gasteiger partial charge in [0.25, 0.3) is 0 Å². The van der Waals surface area contributed by atoms with E-state index < -0.39 is 0 Å². The monoisotopic (exact) mass is 216 g/mol. The first-order valence-electron chi connectivity index (χ1n) is 5.48. The smallest absolute Gasteiger partial charge is 0.139 e. The summed E-state index contributed by atoms with van der Waals surface area (Å²) in [6, 6.07) is 0. The Bertz CT molecular complexity index is 171. The Morgan fingerprint density at radius 2 is 1.93 bits per heavy atom. The van der Waals surface area contributed by atoms with Crippen molar-refractivity contribution in [1.29, 1.82) is 0 Å². The van der Waals surface area contributed by atoms with Crippen LogP contribution in [0.25, 0.3) is 0 Å². The highest BCUT2D eigenvalue weighted by Crippen LogP contribution is 1.93. The van der Waals surface area contributed by atoms with E-state index in [9.17, 15) is 0 Å². The number of amidine groups is 1. The van der Waals surface area contributed by atoms with E-state index in [2.05, 4.69) is 29.5 Å². The van der Waals surface area contributed by atoms with Gasteiger partial charge in [0.15, 0.2) is 0 Å². The summed E-state index contributed by atoms with van der Waals surface area (Å²) >= 11 is 0. The van der Waals surface area contributed by atoms with Crippen LogP contribution in [0.1, 0.15) is 25.7 Å². The number of hydrogen-bond acceptors (Lipinski definition) is 4. The van der Waals surface area contributed by atoms with E-state index in [1.165, 1.54) is 6.42 Å². The molecule has 0 radical (unpaired) electrons. The summed E-state index contributed by atoms with van der Waals surface area (Å²) in [5.41, 5.74) is 5.34. The Balaban J connectivity index is 3.05. The van der Waals surface area contributed by atoms with Crippen LogP contribution < -0.4 is 11.1 Å². The average molecular weight is 216 g/mol. The van der Waals surface area contributed by atoms with Gasteiger partial charge in [0.05, 0.1) is 0 Å². The van der Waals surface area contributed by atoms with E-state index in [1.807, 2.05) is 0 Å². The maximum absolute atomic E-state index is 8.30. The van der Waals surface area contributed by atoms with Gasteiger partial charge in [-0.05, 0) is 53.0 Å². The van der Waals surface area contributed by atoms with Crippen LogP contribution in [-0.4, -0.2) is 49.7 Å². The summed E-state index contributed by atoms with van der Waals surface area (Å²) in [6.07, 6.45) is 3.89. The van der Waals surface area contributed by atoms with E-state index in [4.69, 9.17) is 10.9 Å². The van der Waals surface area contributed by atoms with Crippen molar-refractivity contribution in [1.82, 2.24) is 10.2 Å². The lowest BCUT2D eigenvalue weighted by Gasteiger charge is -2.09. The van der Waals surface area contributed by atoms with Crippen LogP contribution in [0.2, 0.25) is 0 Å². The van der Waals surface area contributed by atoms with Gasteiger partial charge >= 0.3 is 0 Å². The van der Waals surface area contributed by atoms with Crippen LogP contribution >= 0.6 is 0 Å². The maximum Gasteiger partial charge on any atom is 0.139 e. The molecule has 0 aliphatic rings. The number of hydrogen-bond donors (Lipinski definition) is 3. The number of oxime groups is 1. The molecule has 0 heterocycles. The molecule has 0 atom stereocenters. The quantitative estimate of drug-likeness (QED) is 0.172. The van der Waals surface area contributed by atoms with Gasteiger partial charge in [-0.1, -0.05) is 5.16 Å². The molecule has 0 fully saturated rings. The standard InChI is InChI=1S/C10H24N4O/c1-14(2)9-5-8-12-7-4-3-6-10(11)13-15/h12,15H,3-9H2,1-2H3,(H2,11,13). The number of rotatable bonds is 9. The Morgan fingerprint density at radius 1 is 1.27 bits per heavy atom. The number of unbranched alkanes of at least 4 members (excludes halogenated alkanes) is 1. The molecule has 4 N–H and O–H groups in total. The molecule has 5 heteroatoms. The lowest BCUT2D eigenvalue weighted by atomic mass is 10.2. The molecule has 90 valence electrons. The summed E-state index contributed by atoms with van der Waals surface area (Å²) < 4.78 is 0. The minimum absolute atomic E-state index is 0.322. The average Bonchev–Trinajstić information content (AvgIpc) is 2.21. The number of nitrogens with two attached hydrogens (primary N) is 1. The molecule has 0 aliphatic heterocycles. The van der Waals surface area contributed by atoms with Crippen molar-refractivity contribution in [2.24, 2.45) is 10.9 Å². The van der Waals surface area contributed by atoms with Gasteiger partial charge in [0.2, 0.25) is 0 Å². The minimum atomic E-state index is 0.322. The number of nitrogens with one attached hydrogen (secondary N) is 1. The second-order valence-corrected chi connectivity index (χ2v) is 3.96. The fourth-order valence-electron chi connectivity index (χ4n) is 1.25. The second-order valence-electron chi connectivity index (χ2n) is 3.96. The summed E-state index contributed by atoms with van der Waals surface area (Å²) in [5, 5.41) is 14.6. The molecule has 5 nitrogen and oxygen atoms in total. The first-order valence-corrected chi connectivity index (χ1v) is 5.48. The molecule has 0 amide bonds. The lowest BCUT2D eigenvalue weighted by Crippen LogP contribution is -2.22. The van der Waals surface area contributed by atoms with Crippen LogP contribution in [0.5, 0.6) is 0 Å². The van der Waals surface area contributed by atoms with Crippen LogP contribution in [0.3, 0.4) is 0 Å². The zero-order valence-corrected chi connectivity index (χ0v) is 9.87. The molecule has 0 aromatic heterocycles. The molecule has 0 aromatic carbocycles. The molecule has 0 aliphatic carbocycles. The zero-order chi connectivity index (χ0) is 11.5. The molecule has 15 heavy (non-hydrogen) atoms. The molecule has 0 bridgehead atoms. The highest BCUT2D eigenvalue weighted by Gasteiger charge is 1.94. The first kappa shape index (κ1) is 14.2. The van der Waals surface area contributed by atoms with E-state index in [0.29, 0.717) is 12.3 Å². The SMILES string of the molecule is CN(C)CCCNCCCCC(N)=NO. The van der Waals surface area contributed by atoms with Crippen molar-refractivity contribution < 1.29 is 5.21 Å². The summed E-state index contributed by atoms with van der Waals surface area (Å²) in [4.78, 5) is 2.18. The molecule has 0 rings (SSSR count). The van der Waals surface area contributed by atoms with Crippen LogP contribution in [0.15, 0.2) is 5.16 Å². The van der Waals surface area contributed by atoms with E-state index in [1.54, 1.807) is 0 Å². The third-order valence-electron chi connectivity index (χ3n) is 2.12. The van der Waals surface area contributed by atoms with E-state index in [-0.39, 0.29) is 0 Å². The first-order chi connectivity index (χ1) is 7.16. The van der Waals surface area contributed by atoms with Gasteiger partial charge in [0, 0.05) is 6.42 Å². The van der Waals surface area contributed by atoms with Crippen molar-refractivity contribution in [2.45, 2.75) is 25.7 Å². The molecule has 0 spiro atoms. The Morgan fingerprint density at radius 3 is 2.53 bits per heavy atom. The topological polar surface area (TPSA) is 73.9 Å². The van der Waals surface area contributed by atoms with Crippen LogP contribution in [-0.2, 0) is 0 Å². The highest BCUT2D eigenvalue weighted by atomic mass is 16.4. The normalized spacial score (nSPS) is 12.3. The van der Waals surface area contributed by atoms with Crippen molar-refractivity contribution >= 4 is 5.84 Å². The van der Waals surface area contributed by atoms with Gasteiger partial charge in [-0.2, -0.15) is 0 Å². The van der Waals surface area contributed by atoms with E-state index >= 15 is 0 Å². The predicted octanol–water partition coefficient (Wildman–Crippen LogP) is 0.444. The molecule has 0 aromatic rings. The molecule has 0 unspecified atom stereocenters. The van der Waals surface area contributed by atoms with Crippen molar-refractivity contribution in [2.75, 3.05) is 33.7 Å².